The molecular formula is C25H17FN4S. The predicted molar refractivity (Wildman–Crippen MR) is 125 cm³/mol. The zero-order valence-corrected chi connectivity index (χ0v) is 17.4. The summed E-state index contributed by atoms with van der Waals surface area (Å²) in [5.74, 6) is 0. The van der Waals surface area contributed by atoms with Crippen molar-refractivity contribution in [2.45, 2.75) is 6.92 Å². The second-order valence-corrected chi connectivity index (χ2v) is 8.61. The fourth-order valence-electron chi connectivity index (χ4n) is 4.11. The van der Waals surface area contributed by atoms with Gasteiger partial charge in [0.15, 0.2) is 5.13 Å². The first kappa shape index (κ1) is 18.0. The molecule has 0 radical (unpaired) electrons. The molecule has 0 aliphatic carbocycles. The Kier molecular flexibility index (Phi) is 4.01. The van der Waals surface area contributed by atoms with Crippen LogP contribution >= 0.6 is 11.3 Å². The zero-order valence-electron chi connectivity index (χ0n) is 16.6. The molecule has 6 aromatic rings. The van der Waals surface area contributed by atoms with Gasteiger partial charge in [0.1, 0.15) is 5.69 Å². The third kappa shape index (κ3) is 2.95. The summed E-state index contributed by atoms with van der Waals surface area (Å²) < 4.78 is 13.6. The number of thiophene rings is 1. The molecule has 2 aromatic carbocycles. The number of nitrogens with one attached hydrogen (secondary N) is 2. The normalized spacial score (nSPS) is 11.5. The maximum absolute atomic E-state index is 13.6. The Morgan fingerprint density at radius 3 is 2.68 bits per heavy atom. The highest BCUT2D eigenvalue weighted by molar-refractivity contribution is 7.14. The standard InChI is InChI=1S/C25H17FN4S/c1-14-9-10-27-13-19(14)15-5-6-21-18(11-15)25(30-29-21)22-12-17-16(3-2-4-20(17)28-22)23-7-8-24(26)31-23/h2-13,28H,1H3,(H,29,30). The summed E-state index contributed by atoms with van der Waals surface area (Å²) in [7, 11) is 0. The van der Waals surface area contributed by atoms with Crippen LogP contribution in [0.2, 0.25) is 0 Å². The van der Waals surface area contributed by atoms with Crippen LogP contribution in [0.3, 0.4) is 0 Å². The molecule has 6 rings (SSSR count). The number of benzene rings is 2. The number of pyridine rings is 1. The second kappa shape index (κ2) is 6.89. The van der Waals surface area contributed by atoms with Crippen LogP contribution in [0, 0.1) is 12.1 Å². The fraction of sp³-hybridized carbons (Fsp3) is 0.0400. The molecule has 0 spiro atoms. The maximum atomic E-state index is 13.6. The monoisotopic (exact) mass is 424 g/mol. The number of aromatic amines is 2. The average Bonchev–Trinajstić information content (AvgIpc) is 3.50. The van der Waals surface area contributed by atoms with Gasteiger partial charge in [-0.15, -0.1) is 11.3 Å². The van der Waals surface area contributed by atoms with E-state index in [0.29, 0.717) is 0 Å². The van der Waals surface area contributed by atoms with E-state index >= 15 is 0 Å². The SMILES string of the molecule is Cc1ccncc1-c1ccc2[nH]nc(-c3cc4c(-c5ccc(F)s5)cccc4[nH]3)c2c1. The molecule has 0 amide bonds. The van der Waals surface area contributed by atoms with Crippen LogP contribution < -0.4 is 0 Å². The number of aromatic nitrogens is 4. The molecule has 0 unspecified atom stereocenters. The molecule has 0 aliphatic rings. The number of hydrogen-bond acceptors (Lipinski definition) is 3. The summed E-state index contributed by atoms with van der Waals surface area (Å²) in [4.78, 5) is 8.69. The van der Waals surface area contributed by atoms with Crippen molar-refractivity contribution in [3.05, 3.63) is 83.8 Å². The van der Waals surface area contributed by atoms with E-state index in [9.17, 15) is 4.39 Å². The van der Waals surface area contributed by atoms with Crippen LogP contribution in [-0.4, -0.2) is 20.2 Å². The minimum absolute atomic E-state index is 0.181. The summed E-state index contributed by atoms with van der Waals surface area (Å²) in [5, 5.41) is 9.64. The van der Waals surface area contributed by atoms with Crippen molar-refractivity contribution >= 4 is 33.1 Å². The highest BCUT2D eigenvalue weighted by atomic mass is 32.1. The van der Waals surface area contributed by atoms with Gasteiger partial charge in [-0.25, -0.2) is 0 Å². The Hall–Kier alpha value is -3.77. The number of fused-ring (bicyclic) bond motifs is 2. The van der Waals surface area contributed by atoms with E-state index in [0.717, 1.165) is 66.1 Å². The topological polar surface area (TPSA) is 57.4 Å². The molecule has 2 N–H and O–H groups in total. The van der Waals surface area contributed by atoms with Crippen molar-refractivity contribution in [1.29, 1.82) is 0 Å². The number of nitrogens with zero attached hydrogens (tertiary/aromatic N) is 2. The molecule has 0 aliphatic heterocycles. The first-order chi connectivity index (χ1) is 15.2. The minimum Gasteiger partial charge on any atom is -0.353 e. The van der Waals surface area contributed by atoms with Gasteiger partial charge in [-0.05, 0) is 60.5 Å². The van der Waals surface area contributed by atoms with Gasteiger partial charge < -0.3 is 4.98 Å². The van der Waals surface area contributed by atoms with E-state index in [4.69, 9.17) is 0 Å². The number of hydrogen-bond donors (Lipinski definition) is 2. The molecule has 0 fully saturated rings. The molecule has 6 heteroatoms. The Bertz CT molecular complexity index is 1570. The van der Waals surface area contributed by atoms with E-state index in [-0.39, 0.29) is 5.13 Å². The van der Waals surface area contributed by atoms with Crippen molar-refractivity contribution in [3.63, 3.8) is 0 Å². The van der Waals surface area contributed by atoms with Gasteiger partial charge >= 0.3 is 0 Å². The van der Waals surface area contributed by atoms with Crippen molar-refractivity contribution < 1.29 is 4.39 Å². The van der Waals surface area contributed by atoms with Crippen LogP contribution in [-0.2, 0) is 0 Å². The predicted octanol–water partition coefficient (Wildman–Crippen LogP) is 6.95. The molecular weight excluding hydrogens is 407 g/mol. The lowest BCUT2D eigenvalue weighted by Crippen LogP contribution is -1.85. The van der Waals surface area contributed by atoms with Gasteiger partial charge in [0.05, 0.1) is 11.2 Å². The molecule has 0 atom stereocenters. The Morgan fingerprint density at radius 1 is 0.903 bits per heavy atom. The van der Waals surface area contributed by atoms with Crippen LogP contribution in [0.5, 0.6) is 0 Å². The Balaban J connectivity index is 1.52. The summed E-state index contributed by atoms with van der Waals surface area (Å²) in [5.41, 5.74) is 8.15. The van der Waals surface area contributed by atoms with Crippen LogP contribution in [0.1, 0.15) is 5.56 Å². The molecule has 31 heavy (non-hydrogen) atoms. The number of rotatable bonds is 3. The quantitative estimate of drug-likeness (QED) is 0.323. The number of H-pyrrole nitrogens is 2. The molecule has 4 nitrogen and oxygen atoms in total. The van der Waals surface area contributed by atoms with E-state index in [2.05, 4.69) is 51.4 Å². The first-order valence-electron chi connectivity index (χ1n) is 9.94. The van der Waals surface area contributed by atoms with Gasteiger partial charge in [-0.1, -0.05) is 18.2 Å². The summed E-state index contributed by atoms with van der Waals surface area (Å²) >= 11 is 1.16. The minimum atomic E-state index is -0.181. The molecule has 0 bridgehead atoms. The Labute approximate surface area is 181 Å². The van der Waals surface area contributed by atoms with Gasteiger partial charge in [-0.3, -0.25) is 10.1 Å². The molecule has 0 saturated carbocycles. The average molecular weight is 425 g/mol. The largest absolute Gasteiger partial charge is 0.353 e. The van der Waals surface area contributed by atoms with Crippen LogP contribution in [0.25, 0.3) is 54.8 Å². The van der Waals surface area contributed by atoms with Crippen molar-refractivity contribution in [3.8, 4) is 33.0 Å². The lowest BCUT2D eigenvalue weighted by molar-refractivity contribution is 0.657. The number of halogens is 1. The van der Waals surface area contributed by atoms with Crippen molar-refractivity contribution in [2.24, 2.45) is 0 Å². The van der Waals surface area contributed by atoms with Crippen LogP contribution in [0.4, 0.5) is 4.39 Å². The first-order valence-corrected chi connectivity index (χ1v) is 10.8. The molecule has 150 valence electrons. The van der Waals surface area contributed by atoms with Crippen molar-refractivity contribution in [1.82, 2.24) is 20.2 Å². The molecule has 0 saturated heterocycles. The summed E-state index contributed by atoms with van der Waals surface area (Å²) in [6.07, 6.45) is 3.70. The van der Waals surface area contributed by atoms with E-state index in [1.807, 2.05) is 42.7 Å². The highest BCUT2D eigenvalue weighted by Gasteiger charge is 2.15. The molecule has 4 aromatic heterocycles. The van der Waals surface area contributed by atoms with Crippen LogP contribution in [0.15, 0.2) is 73.1 Å². The van der Waals surface area contributed by atoms with E-state index in [1.165, 1.54) is 11.6 Å². The second-order valence-electron chi connectivity index (χ2n) is 7.58. The lowest BCUT2D eigenvalue weighted by atomic mass is 10.0. The van der Waals surface area contributed by atoms with Gasteiger partial charge in [0.25, 0.3) is 0 Å². The van der Waals surface area contributed by atoms with E-state index < -0.39 is 0 Å². The lowest BCUT2D eigenvalue weighted by Gasteiger charge is -2.05. The zero-order chi connectivity index (χ0) is 20.9. The fourth-order valence-corrected chi connectivity index (χ4v) is 4.88. The highest BCUT2D eigenvalue weighted by Crippen LogP contribution is 2.37. The molecule has 4 heterocycles. The van der Waals surface area contributed by atoms with Gasteiger partial charge in [0.2, 0.25) is 0 Å². The smallest absolute Gasteiger partial charge is 0.176 e. The summed E-state index contributed by atoms with van der Waals surface area (Å²) in [6.45, 7) is 2.09. The van der Waals surface area contributed by atoms with Gasteiger partial charge in [0, 0.05) is 44.7 Å². The van der Waals surface area contributed by atoms with Gasteiger partial charge in [-0.2, -0.15) is 9.49 Å². The summed E-state index contributed by atoms with van der Waals surface area (Å²) in [6, 6.07) is 19.8. The Morgan fingerprint density at radius 2 is 1.84 bits per heavy atom. The maximum Gasteiger partial charge on any atom is 0.176 e. The number of aryl methyl sites for hydroxylation is 1. The van der Waals surface area contributed by atoms with E-state index in [1.54, 1.807) is 0 Å². The van der Waals surface area contributed by atoms with Crippen molar-refractivity contribution in [2.75, 3.05) is 0 Å². The third-order valence-electron chi connectivity index (χ3n) is 5.67. The third-order valence-corrected chi connectivity index (χ3v) is 6.58.